The number of amides is 1. The minimum atomic E-state index is -0.104. The summed E-state index contributed by atoms with van der Waals surface area (Å²) in [7, 11) is 0. The van der Waals surface area contributed by atoms with Crippen molar-refractivity contribution in [2.24, 2.45) is 5.92 Å². The van der Waals surface area contributed by atoms with E-state index < -0.39 is 0 Å². The summed E-state index contributed by atoms with van der Waals surface area (Å²) in [6.45, 7) is 3.49. The van der Waals surface area contributed by atoms with Crippen molar-refractivity contribution in [2.75, 3.05) is 6.54 Å². The Balaban J connectivity index is 1.45. The molecule has 3 aromatic rings. The Morgan fingerprint density at radius 2 is 2.11 bits per heavy atom. The molecule has 7 nitrogen and oxygen atoms in total. The second-order valence-electron chi connectivity index (χ2n) is 7.54. The average molecular weight is 379 g/mol. The Morgan fingerprint density at radius 1 is 1.29 bits per heavy atom. The van der Waals surface area contributed by atoms with Gasteiger partial charge in [0.05, 0.1) is 19.3 Å². The molecule has 146 valence electrons. The molecule has 2 heterocycles. The van der Waals surface area contributed by atoms with Crippen LogP contribution in [0.25, 0.3) is 11.0 Å². The monoisotopic (exact) mass is 379 g/mol. The topological polar surface area (TPSA) is 81.8 Å². The highest BCUT2D eigenvalue weighted by Crippen LogP contribution is 2.24. The molecule has 0 aliphatic heterocycles. The van der Waals surface area contributed by atoms with E-state index in [9.17, 15) is 9.59 Å². The van der Waals surface area contributed by atoms with Crippen molar-refractivity contribution in [1.82, 2.24) is 24.6 Å². The minimum Gasteiger partial charge on any atom is -0.354 e. The van der Waals surface area contributed by atoms with Gasteiger partial charge < -0.3 is 5.32 Å². The smallest absolute Gasteiger partial charge is 0.264 e. The van der Waals surface area contributed by atoms with Crippen LogP contribution in [0.4, 0.5) is 0 Å². The van der Waals surface area contributed by atoms with Crippen molar-refractivity contribution in [2.45, 2.75) is 45.7 Å². The number of aryl methyl sites for hydroxylation is 1. The molecule has 1 aliphatic carbocycles. The molecular formula is C21H25N5O2. The van der Waals surface area contributed by atoms with E-state index in [-0.39, 0.29) is 17.4 Å². The van der Waals surface area contributed by atoms with Crippen LogP contribution in [0.5, 0.6) is 0 Å². The number of carbonyl (C=O) groups is 1. The molecule has 0 unspecified atom stereocenters. The minimum absolute atomic E-state index is 0.104. The molecule has 1 N–H and O–H groups in total. The number of carbonyl (C=O) groups excluding carboxylic acids is 1. The third-order valence-corrected chi connectivity index (χ3v) is 5.41. The van der Waals surface area contributed by atoms with Crippen molar-refractivity contribution in [3.8, 4) is 0 Å². The molecule has 1 saturated carbocycles. The molecular weight excluding hydrogens is 354 g/mol. The van der Waals surface area contributed by atoms with Crippen molar-refractivity contribution in [1.29, 1.82) is 0 Å². The van der Waals surface area contributed by atoms with Gasteiger partial charge in [-0.1, -0.05) is 42.7 Å². The maximum atomic E-state index is 12.8. The van der Waals surface area contributed by atoms with Crippen molar-refractivity contribution < 1.29 is 4.79 Å². The highest BCUT2D eigenvalue weighted by molar-refractivity contribution is 5.78. The predicted octanol–water partition coefficient (Wildman–Crippen LogP) is 2.26. The first-order valence-corrected chi connectivity index (χ1v) is 9.86. The molecule has 28 heavy (non-hydrogen) atoms. The Morgan fingerprint density at radius 3 is 2.89 bits per heavy atom. The predicted molar refractivity (Wildman–Crippen MR) is 107 cm³/mol. The highest BCUT2D eigenvalue weighted by atomic mass is 16.2. The summed E-state index contributed by atoms with van der Waals surface area (Å²) in [5.41, 5.74) is 2.67. The molecule has 0 radical (unpaired) electrons. The van der Waals surface area contributed by atoms with Gasteiger partial charge in [0.25, 0.3) is 5.56 Å². The number of benzene rings is 1. The van der Waals surface area contributed by atoms with Crippen molar-refractivity contribution in [3.63, 3.8) is 0 Å². The van der Waals surface area contributed by atoms with E-state index in [2.05, 4.69) is 21.5 Å². The summed E-state index contributed by atoms with van der Waals surface area (Å²) in [5, 5.41) is 7.78. The van der Waals surface area contributed by atoms with E-state index in [4.69, 9.17) is 0 Å². The SMILES string of the molecule is Cc1cccc(Cn2cnc3c(cnn3CCNC(=O)C3CCCC3)c2=O)c1. The number of nitrogens with one attached hydrogen (secondary N) is 1. The molecule has 4 rings (SSSR count). The van der Waals surface area contributed by atoms with E-state index in [0.29, 0.717) is 30.7 Å². The van der Waals surface area contributed by atoms with Crippen molar-refractivity contribution in [3.05, 3.63) is 58.3 Å². The van der Waals surface area contributed by atoms with Gasteiger partial charge in [-0.3, -0.25) is 14.2 Å². The lowest BCUT2D eigenvalue weighted by atomic mass is 10.1. The molecule has 7 heteroatoms. The van der Waals surface area contributed by atoms with Gasteiger partial charge in [-0.05, 0) is 25.3 Å². The average Bonchev–Trinajstić information content (AvgIpc) is 3.35. The van der Waals surface area contributed by atoms with E-state index in [1.807, 2.05) is 25.1 Å². The van der Waals surface area contributed by atoms with Crippen LogP contribution in [-0.4, -0.2) is 31.8 Å². The van der Waals surface area contributed by atoms with Gasteiger partial charge in [0, 0.05) is 12.5 Å². The fourth-order valence-electron chi connectivity index (χ4n) is 3.90. The number of fused-ring (bicyclic) bond motifs is 1. The molecule has 1 aromatic carbocycles. The van der Waals surface area contributed by atoms with Crippen LogP contribution in [-0.2, 0) is 17.9 Å². The van der Waals surface area contributed by atoms with Crippen LogP contribution >= 0.6 is 0 Å². The van der Waals surface area contributed by atoms with Gasteiger partial charge in [0.2, 0.25) is 5.91 Å². The van der Waals surface area contributed by atoms with Gasteiger partial charge in [0.1, 0.15) is 11.7 Å². The second kappa shape index (κ2) is 7.96. The number of aromatic nitrogens is 4. The summed E-state index contributed by atoms with van der Waals surface area (Å²) < 4.78 is 3.29. The van der Waals surface area contributed by atoms with Crippen LogP contribution in [0.15, 0.2) is 41.6 Å². The quantitative estimate of drug-likeness (QED) is 0.712. The van der Waals surface area contributed by atoms with Crippen LogP contribution in [0.1, 0.15) is 36.8 Å². The van der Waals surface area contributed by atoms with Crippen LogP contribution in [0.3, 0.4) is 0 Å². The van der Waals surface area contributed by atoms with Gasteiger partial charge in [-0.2, -0.15) is 5.10 Å². The lowest BCUT2D eigenvalue weighted by Gasteiger charge is -2.10. The number of rotatable bonds is 6. The first-order valence-electron chi connectivity index (χ1n) is 9.86. The second-order valence-corrected chi connectivity index (χ2v) is 7.54. The van der Waals surface area contributed by atoms with E-state index in [1.165, 1.54) is 0 Å². The zero-order valence-corrected chi connectivity index (χ0v) is 16.1. The summed E-state index contributed by atoms with van der Waals surface area (Å²) in [4.78, 5) is 29.4. The summed E-state index contributed by atoms with van der Waals surface area (Å²) in [6.07, 6.45) is 7.39. The standard InChI is InChI=1S/C21H25N5O2/c1-15-5-4-6-16(11-15)13-25-14-23-19-18(21(25)28)12-24-26(19)10-9-22-20(27)17-7-2-3-8-17/h4-6,11-12,14,17H,2-3,7-10,13H2,1H3,(H,22,27). The Hall–Kier alpha value is -2.96. The first kappa shape index (κ1) is 18.4. The number of nitrogens with zero attached hydrogens (tertiary/aromatic N) is 4. The van der Waals surface area contributed by atoms with Crippen LogP contribution in [0, 0.1) is 12.8 Å². The van der Waals surface area contributed by atoms with E-state index >= 15 is 0 Å². The number of hydrogen-bond acceptors (Lipinski definition) is 4. The number of hydrogen-bond donors (Lipinski definition) is 1. The maximum Gasteiger partial charge on any atom is 0.264 e. The van der Waals surface area contributed by atoms with Gasteiger partial charge in [0.15, 0.2) is 5.65 Å². The molecule has 1 fully saturated rings. The maximum absolute atomic E-state index is 12.8. The van der Waals surface area contributed by atoms with Gasteiger partial charge >= 0.3 is 0 Å². The molecule has 0 bridgehead atoms. The summed E-state index contributed by atoms with van der Waals surface area (Å²) in [5.74, 6) is 0.281. The normalized spacial score (nSPS) is 14.6. The zero-order chi connectivity index (χ0) is 19.5. The van der Waals surface area contributed by atoms with E-state index in [1.54, 1.807) is 21.8 Å². The first-order chi connectivity index (χ1) is 13.6. The summed E-state index contributed by atoms with van der Waals surface area (Å²) >= 11 is 0. The van der Waals surface area contributed by atoms with Gasteiger partial charge in [-0.25, -0.2) is 9.67 Å². The Labute approximate surface area is 163 Å². The molecule has 1 aliphatic rings. The Kier molecular flexibility index (Phi) is 5.23. The third kappa shape index (κ3) is 3.83. The lowest BCUT2D eigenvalue weighted by molar-refractivity contribution is -0.124. The molecule has 1 amide bonds. The summed E-state index contributed by atoms with van der Waals surface area (Å²) in [6, 6.07) is 8.08. The highest BCUT2D eigenvalue weighted by Gasteiger charge is 2.22. The fourth-order valence-corrected chi connectivity index (χ4v) is 3.90. The van der Waals surface area contributed by atoms with E-state index in [0.717, 1.165) is 36.8 Å². The molecule has 0 spiro atoms. The molecule has 0 saturated heterocycles. The van der Waals surface area contributed by atoms with Crippen molar-refractivity contribution >= 4 is 16.9 Å². The Bertz CT molecular complexity index is 1050. The third-order valence-electron chi connectivity index (χ3n) is 5.41. The fraction of sp³-hybridized carbons (Fsp3) is 0.429. The lowest BCUT2D eigenvalue weighted by Crippen LogP contribution is -2.32. The van der Waals surface area contributed by atoms with Crippen LogP contribution < -0.4 is 10.9 Å². The van der Waals surface area contributed by atoms with Crippen LogP contribution in [0.2, 0.25) is 0 Å². The molecule has 2 aromatic heterocycles. The molecule has 0 atom stereocenters. The zero-order valence-electron chi connectivity index (χ0n) is 16.1. The van der Waals surface area contributed by atoms with Gasteiger partial charge in [-0.15, -0.1) is 0 Å². The largest absolute Gasteiger partial charge is 0.354 e.